The van der Waals surface area contributed by atoms with Crippen LogP contribution in [0.2, 0.25) is 0 Å². The van der Waals surface area contributed by atoms with Crippen LogP contribution in [0.15, 0.2) is 12.4 Å². The zero-order chi connectivity index (χ0) is 11.1. The summed E-state index contributed by atoms with van der Waals surface area (Å²) in [5.74, 6) is 1.17. The van der Waals surface area contributed by atoms with Gasteiger partial charge in [-0.05, 0) is 18.4 Å². The van der Waals surface area contributed by atoms with E-state index in [2.05, 4.69) is 23.8 Å². The summed E-state index contributed by atoms with van der Waals surface area (Å²) in [6.45, 7) is 7.30. The van der Waals surface area contributed by atoms with Gasteiger partial charge in [-0.1, -0.05) is 13.8 Å². The predicted molar refractivity (Wildman–Crippen MR) is 59.0 cm³/mol. The Bertz CT molecular complexity index is 337. The van der Waals surface area contributed by atoms with E-state index < -0.39 is 5.60 Å². The van der Waals surface area contributed by atoms with Crippen LogP contribution < -0.4 is 4.90 Å². The minimum Gasteiger partial charge on any atom is -0.386 e. The second-order valence-electron chi connectivity index (χ2n) is 4.82. The molecule has 1 aromatic rings. The van der Waals surface area contributed by atoms with E-state index in [1.54, 1.807) is 0 Å². The molecule has 0 aliphatic carbocycles. The molecule has 0 radical (unpaired) electrons. The largest absolute Gasteiger partial charge is 0.386 e. The Morgan fingerprint density at radius 3 is 2.27 bits per heavy atom. The Kier molecular flexibility index (Phi) is 2.38. The van der Waals surface area contributed by atoms with Crippen molar-refractivity contribution in [2.24, 2.45) is 0 Å². The van der Waals surface area contributed by atoms with E-state index in [9.17, 15) is 5.11 Å². The van der Waals surface area contributed by atoms with Crippen molar-refractivity contribution in [2.75, 3.05) is 18.0 Å². The lowest BCUT2D eigenvalue weighted by Gasteiger charge is -2.44. The van der Waals surface area contributed by atoms with Crippen molar-refractivity contribution >= 4 is 5.95 Å². The van der Waals surface area contributed by atoms with Gasteiger partial charge in [-0.15, -0.1) is 0 Å². The molecule has 0 bridgehead atoms. The van der Waals surface area contributed by atoms with Gasteiger partial charge in [0.25, 0.3) is 0 Å². The molecule has 1 N–H and O–H groups in total. The molecule has 0 amide bonds. The molecule has 2 rings (SSSR count). The number of aliphatic hydroxyl groups is 1. The van der Waals surface area contributed by atoms with E-state index in [0.29, 0.717) is 25.0 Å². The molecule has 2 heterocycles. The summed E-state index contributed by atoms with van der Waals surface area (Å²) in [7, 11) is 0. The molecule has 0 spiro atoms. The van der Waals surface area contributed by atoms with E-state index in [-0.39, 0.29) is 0 Å². The second kappa shape index (κ2) is 3.45. The van der Waals surface area contributed by atoms with Gasteiger partial charge in [-0.3, -0.25) is 0 Å². The van der Waals surface area contributed by atoms with Crippen LogP contribution in [-0.4, -0.2) is 33.8 Å². The lowest BCUT2D eigenvalue weighted by atomic mass is 9.98. The van der Waals surface area contributed by atoms with Gasteiger partial charge in [0.1, 0.15) is 0 Å². The predicted octanol–water partition coefficient (Wildman–Crippen LogP) is 1.17. The van der Waals surface area contributed by atoms with Gasteiger partial charge in [-0.2, -0.15) is 0 Å². The first-order chi connectivity index (χ1) is 6.98. The highest BCUT2D eigenvalue weighted by Crippen LogP contribution is 2.24. The van der Waals surface area contributed by atoms with Gasteiger partial charge in [0.05, 0.1) is 18.7 Å². The van der Waals surface area contributed by atoms with Crippen LogP contribution in [0.5, 0.6) is 0 Å². The van der Waals surface area contributed by atoms with Crippen LogP contribution in [0.4, 0.5) is 5.95 Å². The van der Waals surface area contributed by atoms with E-state index in [0.717, 1.165) is 5.56 Å². The van der Waals surface area contributed by atoms with Crippen LogP contribution in [0.3, 0.4) is 0 Å². The van der Waals surface area contributed by atoms with Crippen molar-refractivity contribution in [3.05, 3.63) is 18.0 Å². The highest BCUT2D eigenvalue weighted by atomic mass is 16.3. The molecule has 1 saturated heterocycles. The maximum absolute atomic E-state index is 9.59. The molecule has 0 aromatic carbocycles. The fourth-order valence-electron chi connectivity index (χ4n) is 1.71. The zero-order valence-electron chi connectivity index (χ0n) is 9.44. The molecule has 4 heteroatoms. The molecule has 0 atom stereocenters. The van der Waals surface area contributed by atoms with Crippen LogP contribution >= 0.6 is 0 Å². The number of hydrogen-bond donors (Lipinski definition) is 1. The number of nitrogens with zero attached hydrogens (tertiary/aromatic N) is 3. The van der Waals surface area contributed by atoms with E-state index >= 15 is 0 Å². The Morgan fingerprint density at radius 1 is 1.33 bits per heavy atom. The molecule has 1 fully saturated rings. The van der Waals surface area contributed by atoms with Crippen LogP contribution in [0.25, 0.3) is 0 Å². The van der Waals surface area contributed by atoms with Gasteiger partial charge in [0.15, 0.2) is 0 Å². The third-order valence-electron chi connectivity index (χ3n) is 2.67. The number of hydrogen-bond acceptors (Lipinski definition) is 4. The molecular weight excluding hydrogens is 190 g/mol. The SMILES string of the molecule is CC(C)c1cnc(N2CC(C)(O)C2)nc1. The fourth-order valence-corrected chi connectivity index (χ4v) is 1.71. The summed E-state index contributed by atoms with van der Waals surface area (Å²) in [5.41, 5.74) is 0.575. The molecule has 1 aromatic heterocycles. The lowest BCUT2D eigenvalue weighted by Crippen LogP contribution is -2.60. The first kappa shape index (κ1) is 10.4. The fraction of sp³-hybridized carbons (Fsp3) is 0.636. The van der Waals surface area contributed by atoms with Gasteiger partial charge in [0.2, 0.25) is 5.95 Å². The van der Waals surface area contributed by atoms with Crippen molar-refractivity contribution in [3.8, 4) is 0 Å². The van der Waals surface area contributed by atoms with Crippen molar-refractivity contribution in [1.29, 1.82) is 0 Å². The van der Waals surface area contributed by atoms with Crippen molar-refractivity contribution < 1.29 is 5.11 Å². The van der Waals surface area contributed by atoms with Gasteiger partial charge in [0, 0.05) is 12.4 Å². The summed E-state index contributed by atoms with van der Waals surface area (Å²) in [4.78, 5) is 10.6. The summed E-state index contributed by atoms with van der Waals surface area (Å²) in [5, 5.41) is 9.59. The molecule has 0 unspecified atom stereocenters. The summed E-state index contributed by atoms with van der Waals surface area (Å²) in [6.07, 6.45) is 3.72. The first-order valence-electron chi connectivity index (χ1n) is 5.27. The Labute approximate surface area is 90.0 Å². The van der Waals surface area contributed by atoms with E-state index in [4.69, 9.17) is 0 Å². The smallest absolute Gasteiger partial charge is 0.225 e. The van der Waals surface area contributed by atoms with Crippen molar-refractivity contribution in [3.63, 3.8) is 0 Å². The van der Waals surface area contributed by atoms with E-state index in [1.807, 2.05) is 24.2 Å². The van der Waals surface area contributed by atoms with Crippen LogP contribution in [-0.2, 0) is 0 Å². The molecule has 15 heavy (non-hydrogen) atoms. The topological polar surface area (TPSA) is 49.2 Å². The molecule has 0 saturated carbocycles. The first-order valence-corrected chi connectivity index (χ1v) is 5.27. The number of anilines is 1. The van der Waals surface area contributed by atoms with Crippen LogP contribution in [0, 0.1) is 0 Å². The van der Waals surface area contributed by atoms with Crippen molar-refractivity contribution in [1.82, 2.24) is 9.97 Å². The monoisotopic (exact) mass is 207 g/mol. The standard InChI is InChI=1S/C11H17N3O/c1-8(2)9-4-12-10(13-5-9)14-6-11(3,15)7-14/h4-5,8,15H,6-7H2,1-3H3. The Morgan fingerprint density at radius 2 is 1.87 bits per heavy atom. The highest BCUT2D eigenvalue weighted by Gasteiger charge is 2.37. The minimum atomic E-state index is -0.569. The molecular formula is C11H17N3O. The average Bonchev–Trinajstić information content (AvgIpc) is 2.14. The average molecular weight is 207 g/mol. The lowest BCUT2D eigenvalue weighted by molar-refractivity contribution is 0.0300. The zero-order valence-corrected chi connectivity index (χ0v) is 9.44. The molecule has 1 aliphatic heterocycles. The minimum absolute atomic E-state index is 0.457. The van der Waals surface area contributed by atoms with Crippen LogP contribution in [0.1, 0.15) is 32.3 Å². The number of aromatic nitrogens is 2. The maximum atomic E-state index is 9.59. The summed E-state index contributed by atoms with van der Waals surface area (Å²) >= 11 is 0. The van der Waals surface area contributed by atoms with Gasteiger partial charge >= 0.3 is 0 Å². The second-order valence-corrected chi connectivity index (χ2v) is 4.82. The molecule has 1 aliphatic rings. The third-order valence-corrected chi connectivity index (χ3v) is 2.67. The van der Waals surface area contributed by atoms with Gasteiger partial charge in [-0.25, -0.2) is 9.97 Å². The number of β-amino-alcohol motifs (C(OH)–C–C–N with tert-alkyl or cyclic N) is 1. The maximum Gasteiger partial charge on any atom is 0.225 e. The Balaban J connectivity index is 2.06. The summed E-state index contributed by atoms with van der Waals surface area (Å²) in [6, 6.07) is 0. The molecule has 82 valence electrons. The van der Waals surface area contributed by atoms with Crippen molar-refractivity contribution in [2.45, 2.75) is 32.3 Å². The number of rotatable bonds is 2. The Hall–Kier alpha value is -1.16. The normalized spacial score (nSPS) is 19.1. The summed E-state index contributed by atoms with van der Waals surface area (Å²) < 4.78 is 0. The third kappa shape index (κ3) is 2.09. The van der Waals surface area contributed by atoms with Gasteiger partial charge < -0.3 is 10.0 Å². The quantitative estimate of drug-likeness (QED) is 0.791. The van der Waals surface area contributed by atoms with E-state index in [1.165, 1.54) is 0 Å². The molecule has 4 nitrogen and oxygen atoms in total. The highest BCUT2D eigenvalue weighted by molar-refractivity contribution is 5.36.